The first-order chi connectivity index (χ1) is 13.0. The van der Waals surface area contributed by atoms with E-state index in [0.29, 0.717) is 17.4 Å². The van der Waals surface area contributed by atoms with Crippen LogP contribution in [0.5, 0.6) is 5.75 Å². The number of anilines is 2. The predicted octanol–water partition coefficient (Wildman–Crippen LogP) is 3.79. The van der Waals surface area contributed by atoms with Gasteiger partial charge in [0.25, 0.3) is 0 Å². The Hall–Kier alpha value is -3.15. The monoisotopic (exact) mass is 362 g/mol. The number of benzene rings is 1. The van der Waals surface area contributed by atoms with Crippen LogP contribution in [-0.4, -0.2) is 23.0 Å². The summed E-state index contributed by atoms with van der Waals surface area (Å²) in [6.45, 7) is 4.07. The van der Waals surface area contributed by atoms with Crippen molar-refractivity contribution in [1.29, 1.82) is 0 Å². The van der Waals surface area contributed by atoms with Gasteiger partial charge >= 0.3 is 0 Å². The molecule has 0 bridgehead atoms. The third-order valence-corrected chi connectivity index (χ3v) is 5.27. The van der Waals surface area contributed by atoms with Gasteiger partial charge in [0.2, 0.25) is 5.91 Å². The molecule has 138 valence electrons. The number of pyridine rings is 2. The van der Waals surface area contributed by atoms with Gasteiger partial charge in [-0.05, 0) is 48.4 Å². The first kappa shape index (κ1) is 17.3. The molecule has 3 N–H and O–H groups in total. The molecule has 1 amide bonds. The predicted molar refractivity (Wildman–Crippen MR) is 107 cm³/mol. The van der Waals surface area contributed by atoms with E-state index in [4.69, 9.17) is 10.5 Å². The van der Waals surface area contributed by atoms with Crippen LogP contribution in [0.3, 0.4) is 0 Å². The molecule has 6 nitrogen and oxygen atoms in total. The topological polar surface area (TPSA) is 90.1 Å². The van der Waals surface area contributed by atoms with Gasteiger partial charge < -0.3 is 15.8 Å². The van der Waals surface area contributed by atoms with Crippen molar-refractivity contribution in [2.75, 3.05) is 18.2 Å². The van der Waals surface area contributed by atoms with Gasteiger partial charge in [0, 0.05) is 40.5 Å². The quantitative estimate of drug-likeness (QED) is 0.689. The van der Waals surface area contributed by atoms with Crippen LogP contribution in [-0.2, 0) is 4.79 Å². The molecule has 1 aliphatic rings. The highest BCUT2D eigenvalue weighted by atomic mass is 16.5. The molecule has 2 aromatic heterocycles. The number of ether oxygens (including phenoxy) is 1. The molecule has 0 spiro atoms. The van der Waals surface area contributed by atoms with Crippen molar-refractivity contribution >= 4 is 28.2 Å². The van der Waals surface area contributed by atoms with Gasteiger partial charge in [-0.1, -0.05) is 6.92 Å². The summed E-state index contributed by atoms with van der Waals surface area (Å²) in [6.07, 6.45) is 6.15. The first-order valence-electron chi connectivity index (χ1n) is 8.97. The normalized spacial score (nSPS) is 18.3. The standard InChI is InChI=1S/C21H22N4O2/c1-11-4-15(11)21(26)25-20-7-14-5-13(6-18(22)17(14)9-24-20)16-8-23-10-19(27-3)12(16)2/h5-11,15H,4,22H2,1-3H3,(H,24,25,26)/t11-,15-/m1/s1. The maximum Gasteiger partial charge on any atom is 0.228 e. The summed E-state index contributed by atoms with van der Waals surface area (Å²) in [5.41, 5.74) is 9.79. The van der Waals surface area contributed by atoms with Crippen molar-refractivity contribution in [1.82, 2.24) is 9.97 Å². The number of aromatic nitrogens is 2. The highest BCUT2D eigenvalue weighted by Gasteiger charge is 2.39. The minimum absolute atomic E-state index is 0.0336. The molecule has 27 heavy (non-hydrogen) atoms. The molecule has 6 heteroatoms. The number of nitrogen functional groups attached to an aromatic ring is 1. The van der Waals surface area contributed by atoms with Gasteiger partial charge in [-0.15, -0.1) is 0 Å². The Labute approximate surface area is 157 Å². The van der Waals surface area contributed by atoms with Crippen LogP contribution in [0.1, 0.15) is 18.9 Å². The van der Waals surface area contributed by atoms with Crippen LogP contribution >= 0.6 is 0 Å². The summed E-state index contributed by atoms with van der Waals surface area (Å²) in [5.74, 6) is 1.86. The molecular weight excluding hydrogens is 340 g/mol. The molecule has 0 unspecified atom stereocenters. The van der Waals surface area contributed by atoms with Crippen molar-refractivity contribution in [3.63, 3.8) is 0 Å². The number of methoxy groups -OCH3 is 1. The van der Waals surface area contributed by atoms with Crippen LogP contribution in [0.2, 0.25) is 0 Å². The maximum atomic E-state index is 12.2. The Morgan fingerprint density at radius 3 is 2.74 bits per heavy atom. The lowest BCUT2D eigenvalue weighted by atomic mass is 9.98. The van der Waals surface area contributed by atoms with Gasteiger partial charge in [0.15, 0.2) is 0 Å². The number of carbonyl (C=O) groups is 1. The van der Waals surface area contributed by atoms with E-state index in [1.165, 1.54) is 0 Å². The smallest absolute Gasteiger partial charge is 0.228 e. The van der Waals surface area contributed by atoms with Crippen LogP contribution in [0.25, 0.3) is 21.9 Å². The Bertz CT molecular complexity index is 1050. The molecule has 4 rings (SSSR count). The fourth-order valence-corrected chi connectivity index (χ4v) is 3.42. The van der Waals surface area contributed by atoms with Crippen molar-refractivity contribution in [2.24, 2.45) is 11.8 Å². The fourth-order valence-electron chi connectivity index (χ4n) is 3.42. The number of nitrogens with zero attached hydrogens (tertiary/aromatic N) is 2. The Morgan fingerprint density at radius 2 is 2.04 bits per heavy atom. The molecule has 0 radical (unpaired) electrons. The average molecular weight is 362 g/mol. The maximum absolute atomic E-state index is 12.2. The Kier molecular flexibility index (Phi) is 4.18. The molecule has 2 atom stereocenters. The lowest BCUT2D eigenvalue weighted by Gasteiger charge is -2.12. The van der Waals surface area contributed by atoms with E-state index in [1.54, 1.807) is 25.7 Å². The van der Waals surface area contributed by atoms with Gasteiger partial charge in [-0.2, -0.15) is 0 Å². The molecular formula is C21H22N4O2. The second-order valence-electron chi connectivity index (χ2n) is 7.18. The van der Waals surface area contributed by atoms with Gasteiger partial charge in [0.05, 0.1) is 13.3 Å². The summed E-state index contributed by atoms with van der Waals surface area (Å²) >= 11 is 0. The number of amides is 1. The van der Waals surface area contributed by atoms with E-state index < -0.39 is 0 Å². The van der Waals surface area contributed by atoms with E-state index in [-0.39, 0.29) is 11.8 Å². The Balaban J connectivity index is 1.74. The number of hydrogen-bond donors (Lipinski definition) is 2. The summed E-state index contributed by atoms with van der Waals surface area (Å²) in [5, 5.41) is 4.68. The molecule has 1 fully saturated rings. The molecule has 1 saturated carbocycles. The lowest BCUT2D eigenvalue weighted by molar-refractivity contribution is -0.117. The number of fused-ring (bicyclic) bond motifs is 1. The molecule has 3 aromatic rings. The highest BCUT2D eigenvalue weighted by Crippen LogP contribution is 2.39. The SMILES string of the molecule is COc1cncc(-c2cc(N)c3cnc(NC(=O)[C@@H]4C[C@H]4C)cc3c2)c1C. The van der Waals surface area contributed by atoms with Crippen LogP contribution < -0.4 is 15.8 Å². The van der Waals surface area contributed by atoms with E-state index in [2.05, 4.69) is 22.2 Å². The van der Waals surface area contributed by atoms with Crippen LogP contribution in [0.4, 0.5) is 11.5 Å². The minimum atomic E-state index is 0.0336. The van der Waals surface area contributed by atoms with Gasteiger partial charge in [0.1, 0.15) is 11.6 Å². The molecule has 0 saturated heterocycles. The van der Waals surface area contributed by atoms with Crippen molar-refractivity contribution in [2.45, 2.75) is 20.3 Å². The van der Waals surface area contributed by atoms with Gasteiger partial charge in [-0.25, -0.2) is 4.98 Å². The summed E-state index contributed by atoms with van der Waals surface area (Å²) in [6, 6.07) is 5.81. The van der Waals surface area contributed by atoms with E-state index in [1.807, 2.05) is 25.1 Å². The number of nitrogens with two attached hydrogens (primary N) is 1. The largest absolute Gasteiger partial charge is 0.495 e. The van der Waals surface area contributed by atoms with Crippen molar-refractivity contribution in [3.8, 4) is 16.9 Å². The second kappa shape index (κ2) is 6.54. The first-order valence-corrected chi connectivity index (χ1v) is 8.97. The number of nitrogens with one attached hydrogen (secondary N) is 1. The fraction of sp³-hybridized carbons (Fsp3) is 0.286. The minimum Gasteiger partial charge on any atom is -0.495 e. The molecule has 2 heterocycles. The van der Waals surface area contributed by atoms with E-state index in [9.17, 15) is 4.79 Å². The number of rotatable bonds is 4. The molecule has 1 aromatic carbocycles. The third kappa shape index (κ3) is 3.18. The average Bonchev–Trinajstić information content (AvgIpc) is 3.38. The van der Waals surface area contributed by atoms with E-state index >= 15 is 0 Å². The zero-order chi connectivity index (χ0) is 19.1. The summed E-state index contributed by atoms with van der Waals surface area (Å²) < 4.78 is 5.37. The number of hydrogen-bond acceptors (Lipinski definition) is 5. The molecule has 1 aliphatic carbocycles. The highest BCUT2D eigenvalue weighted by molar-refractivity contribution is 6.00. The molecule has 0 aliphatic heterocycles. The zero-order valence-electron chi connectivity index (χ0n) is 15.6. The van der Waals surface area contributed by atoms with Crippen LogP contribution in [0.15, 0.2) is 36.8 Å². The van der Waals surface area contributed by atoms with E-state index in [0.717, 1.165) is 39.6 Å². The van der Waals surface area contributed by atoms with Crippen molar-refractivity contribution in [3.05, 3.63) is 42.4 Å². The zero-order valence-corrected chi connectivity index (χ0v) is 15.6. The number of carbonyl (C=O) groups excluding carboxylic acids is 1. The Morgan fingerprint density at radius 1 is 1.26 bits per heavy atom. The lowest BCUT2D eigenvalue weighted by Crippen LogP contribution is -2.15. The third-order valence-electron chi connectivity index (χ3n) is 5.27. The van der Waals surface area contributed by atoms with Crippen molar-refractivity contribution < 1.29 is 9.53 Å². The van der Waals surface area contributed by atoms with Gasteiger partial charge in [-0.3, -0.25) is 9.78 Å². The van der Waals surface area contributed by atoms with Crippen LogP contribution in [0, 0.1) is 18.8 Å². The second-order valence-corrected chi connectivity index (χ2v) is 7.18. The summed E-state index contributed by atoms with van der Waals surface area (Å²) in [4.78, 5) is 20.8. The summed E-state index contributed by atoms with van der Waals surface area (Å²) in [7, 11) is 1.63.